The summed E-state index contributed by atoms with van der Waals surface area (Å²) >= 11 is 11.9. The predicted molar refractivity (Wildman–Crippen MR) is 83.5 cm³/mol. The third kappa shape index (κ3) is 4.38. The Bertz CT molecular complexity index is 645. The van der Waals surface area contributed by atoms with E-state index in [-0.39, 0.29) is 6.61 Å². The summed E-state index contributed by atoms with van der Waals surface area (Å²) in [6.45, 7) is 3.52. The highest BCUT2D eigenvalue weighted by Gasteiger charge is 2.09. The molecule has 0 amide bonds. The second kappa shape index (κ2) is 6.83. The molecule has 2 aromatic carbocycles. The Kier molecular flexibility index (Phi) is 5.10. The molecule has 0 aliphatic carbocycles. The van der Waals surface area contributed by atoms with Gasteiger partial charge in [-0.25, -0.2) is 4.79 Å². The minimum atomic E-state index is -0.490. The summed E-state index contributed by atoms with van der Waals surface area (Å²) < 4.78 is 10.5. The molecule has 0 saturated heterocycles. The van der Waals surface area contributed by atoms with Gasteiger partial charge < -0.3 is 9.47 Å². The van der Waals surface area contributed by atoms with Crippen LogP contribution in [-0.2, 0) is 4.79 Å². The van der Waals surface area contributed by atoms with Gasteiger partial charge in [0.1, 0.15) is 11.5 Å². The maximum atomic E-state index is 11.8. The van der Waals surface area contributed by atoms with Crippen LogP contribution in [0.3, 0.4) is 0 Å². The maximum Gasteiger partial charge on any atom is 0.349 e. The van der Waals surface area contributed by atoms with Crippen molar-refractivity contribution >= 4 is 29.2 Å². The van der Waals surface area contributed by atoms with Crippen LogP contribution in [0.1, 0.15) is 11.1 Å². The molecule has 0 heterocycles. The van der Waals surface area contributed by atoms with Crippen LogP contribution < -0.4 is 9.47 Å². The van der Waals surface area contributed by atoms with Crippen LogP contribution in [-0.4, -0.2) is 12.6 Å². The Morgan fingerprint density at radius 1 is 1.05 bits per heavy atom. The zero-order valence-corrected chi connectivity index (χ0v) is 13.2. The van der Waals surface area contributed by atoms with Crippen molar-refractivity contribution in [2.75, 3.05) is 6.61 Å². The fraction of sp³-hybridized carbons (Fsp3) is 0.188. The Morgan fingerprint density at radius 2 is 1.71 bits per heavy atom. The molecule has 110 valence electrons. The lowest BCUT2D eigenvalue weighted by molar-refractivity contribution is -0.136. The number of carbonyl (C=O) groups excluding carboxylic acids is 1. The molecular weight excluding hydrogens is 311 g/mol. The van der Waals surface area contributed by atoms with E-state index in [1.807, 2.05) is 13.8 Å². The lowest BCUT2D eigenvalue weighted by atomic mass is 10.1. The first-order chi connectivity index (χ1) is 9.95. The van der Waals surface area contributed by atoms with Gasteiger partial charge >= 0.3 is 5.97 Å². The molecule has 0 spiro atoms. The minimum absolute atomic E-state index is 0.193. The van der Waals surface area contributed by atoms with Gasteiger partial charge in [-0.1, -0.05) is 29.3 Å². The van der Waals surface area contributed by atoms with E-state index in [0.29, 0.717) is 21.5 Å². The quantitative estimate of drug-likeness (QED) is 0.609. The van der Waals surface area contributed by atoms with E-state index >= 15 is 0 Å². The van der Waals surface area contributed by atoms with Crippen LogP contribution in [0.2, 0.25) is 10.0 Å². The molecule has 0 radical (unpaired) electrons. The highest BCUT2D eigenvalue weighted by atomic mass is 35.5. The molecule has 0 N–H and O–H groups in total. The lowest BCUT2D eigenvalue weighted by Gasteiger charge is -2.09. The molecule has 2 rings (SSSR count). The molecule has 0 unspecified atom stereocenters. The summed E-state index contributed by atoms with van der Waals surface area (Å²) in [6.07, 6.45) is 0. The molecule has 0 saturated carbocycles. The fourth-order valence-electron chi connectivity index (χ4n) is 1.83. The minimum Gasteiger partial charge on any atom is -0.482 e. The van der Waals surface area contributed by atoms with Gasteiger partial charge in [0.25, 0.3) is 0 Å². The van der Waals surface area contributed by atoms with E-state index in [0.717, 1.165) is 11.1 Å². The number of ether oxygens (including phenoxy) is 2. The highest BCUT2D eigenvalue weighted by molar-refractivity contribution is 6.32. The summed E-state index contributed by atoms with van der Waals surface area (Å²) in [7, 11) is 0. The van der Waals surface area contributed by atoms with Crippen molar-refractivity contribution in [3.8, 4) is 11.5 Å². The molecule has 0 aliphatic rings. The number of rotatable bonds is 4. The van der Waals surface area contributed by atoms with E-state index in [2.05, 4.69) is 0 Å². The van der Waals surface area contributed by atoms with Crippen molar-refractivity contribution in [1.82, 2.24) is 0 Å². The maximum absolute atomic E-state index is 11.8. The van der Waals surface area contributed by atoms with E-state index in [4.69, 9.17) is 32.7 Å². The van der Waals surface area contributed by atoms with Crippen LogP contribution in [0.4, 0.5) is 0 Å². The molecular formula is C16H14Cl2O3. The number of aryl methyl sites for hydroxylation is 2. The average molecular weight is 325 g/mol. The predicted octanol–water partition coefficient (Wildman–Crippen LogP) is 4.59. The molecule has 0 aromatic heterocycles. The van der Waals surface area contributed by atoms with Gasteiger partial charge in [-0.05, 0) is 55.3 Å². The van der Waals surface area contributed by atoms with Crippen LogP contribution >= 0.6 is 23.2 Å². The van der Waals surface area contributed by atoms with Crippen molar-refractivity contribution in [1.29, 1.82) is 0 Å². The third-order valence-electron chi connectivity index (χ3n) is 2.79. The number of carbonyl (C=O) groups is 1. The molecule has 3 nitrogen and oxygen atoms in total. The van der Waals surface area contributed by atoms with Crippen LogP contribution in [0, 0.1) is 13.8 Å². The first-order valence-corrected chi connectivity index (χ1v) is 7.07. The average Bonchev–Trinajstić information content (AvgIpc) is 2.42. The molecule has 0 bridgehead atoms. The van der Waals surface area contributed by atoms with Gasteiger partial charge in [-0.3, -0.25) is 0 Å². The molecule has 21 heavy (non-hydrogen) atoms. The Morgan fingerprint density at radius 3 is 2.33 bits per heavy atom. The SMILES string of the molecule is Cc1cc(OC(=O)COc2cccc(Cl)c2)cc(C)c1Cl. The number of esters is 1. The van der Waals surface area contributed by atoms with Crippen molar-refractivity contribution in [2.24, 2.45) is 0 Å². The summed E-state index contributed by atoms with van der Waals surface area (Å²) in [5.41, 5.74) is 1.71. The van der Waals surface area contributed by atoms with E-state index < -0.39 is 5.97 Å². The number of hydrogen-bond acceptors (Lipinski definition) is 3. The Labute approximate surface area is 133 Å². The second-order valence-corrected chi connectivity index (χ2v) is 5.41. The second-order valence-electron chi connectivity index (χ2n) is 4.59. The van der Waals surface area contributed by atoms with E-state index in [1.165, 1.54) is 0 Å². The molecule has 5 heteroatoms. The van der Waals surface area contributed by atoms with Gasteiger partial charge in [0.05, 0.1) is 0 Å². The summed E-state index contributed by atoms with van der Waals surface area (Å²) in [6, 6.07) is 10.3. The van der Waals surface area contributed by atoms with E-state index in [9.17, 15) is 4.79 Å². The van der Waals surface area contributed by atoms with Crippen molar-refractivity contribution in [3.05, 3.63) is 57.6 Å². The first-order valence-electron chi connectivity index (χ1n) is 6.31. The standard InChI is InChI=1S/C16H14Cl2O3/c1-10-6-14(7-11(2)16(10)18)21-15(19)9-20-13-5-3-4-12(17)8-13/h3-8H,9H2,1-2H3. The molecule has 0 aliphatic heterocycles. The number of halogens is 2. The van der Waals surface area contributed by atoms with Gasteiger partial charge in [-0.2, -0.15) is 0 Å². The monoisotopic (exact) mass is 324 g/mol. The largest absolute Gasteiger partial charge is 0.482 e. The van der Waals surface area contributed by atoms with Gasteiger partial charge in [0.2, 0.25) is 0 Å². The lowest BCUT2D eigenvalue weighted by Crippen LogP contribution is -2.17. The highest BCUT2D eigenvalue weighted by Crippen LogP contribution is 2.26. The zero-order chi connectivity index (χ0) is 15.4. The summed E-state index contributed by atoms with van der Waals surface area (Å²) in [5.74, 6) is 0.480. The van der Waals surface area contributed by atoms with E-state index in [1.54, 1.807) is 36.4 Å². The van der Waals surface area contributed by atoms with Crippen LogP contribution in [0.25, 0.3) is 0 Å². The normalized spacial score (nSPS) is 10.3. The summed E-state index contributed by atoms with van der Waals surface area (Å²) in [5, 5.41) is 1.22. The Hall–Kier alpha value is -1.71. The molecule has 0 fully saturated rings. The number of benzene rings is 2. The van der Waals surface area contributed by atoms with Crippen molar-refractivity contribution in [3.63, 3.8) is 0 Å². The van der Waals surface area contributed by atoms with Gasteiger partial charge in [-0.15, -0.1) is 0 Å². The fourth-order valence-corrected chi connectivity index (χ4v) is 2.11. The number of hydrogen-bond donors (Lipinski definition) is 0. The Balaban J connectivity index is 1.96. The molecule has 0 atom stereocenters. The summed E-state index contributed by atoms with van der Waals surface area (Å²) in [4.78, 5) is 11.8. The third-order valence-corrected chi connectivity index (χ3v) is 3.63. The van der Waals surface area contributed by atoms with Gasteiger partial charge in [0, 0.05) is 10.0 Å². The van der Waals surface area contributed by atoms with Crippen LogP contribution in [0.15, 0.2) is 36.4 Å². The van der Waals surface area contributed by atoms with Crippen LogP contribution in [0.5, 0.6) is 11.5 Å². The zero-order valence-electron chi connectivity index (χ0n) is 11.7. The first kappa shape index (κ1) is 15.7. The molecule has 2 aromatic rings. The smallest absolute Gasteiger partial charge is 0.349 e. The van der Waals surface area contributed by atoms with Crippen molar-refractivity contribution in [2.45, 2.75) is 13.8 Å². The van der Waals surface area contributed by atoms with Gasteiger partial charge in [0.15, 0.2) is 6.61 Å². The topological polar surface area (TPSA) is 35.5 Å². The van der Waals surface area contributed by atoms with Crippen molar-refractivity contribution < 1.29 is 14.3 Å².